The molecule has 2 heterocycles. The number of hydrogen-bond acceptors (Lipinski definition) is 4. The molecule has 4 N–H and O–H groups in total. The van der Waals surface area contributed by atoms with E-state index in [1.54, 1.807) is 0 Å². The summed E-state index contributed by atoms with van der Waals surface area (Å²) in [6.45, 7) is 16.6. The van der Waals surface area contributed by atoms with Crippen LogP contribution >= 0.6 is 0 Å². The number of aliphatic hydroxyl groups is 2. The standard InChI is InChI=1S/C22H36N2O2/c1-17(2)13-21(25,14-18(3,4)23-17)11-9-10-12-22(26)15-19(5,6)24-20(7,8)16-22/h23-26H,13-16H2,1-8H3. The van der Waals surface area contributed by atoms with E-state index in [1.807, 2.05) is 0 Å². The Bertz CT molecular complexity index is 588. The van der Waals surface area contributed by atoms with Crippen LogP contribution < -0.4 is 10.6 Å². The van der Waals surface area contributed by atoms with Gasteiger partial charge in [0.2, 0.25) is 0 Å². The molecule has 2 rings (SSSR count). The molecule has 4 heteroatoms. The van der Waals surface area contributed by atoms with Crippen LogP contribution in [-0.4, -0.2) is 43.6 Å². The fourth-order valence-electron chi connectivity index (χ4n) is 5.53. The SMILES string of the molecule is CC1(C)CC(O)(C#CC#CC2(O)CC(C)(C)NC(C)(C)C2)CC(C)(C)N1. The third kappa shape index (κ3) is 5.73. The minimum atomic E-state index is -1.07. The lowest BCUT2D eigenvalue weighted by Crippen LogP contribution is -2.63. The highest BCUT2D eigenvalue weighted by molar-refractivity contribution is 5.35. The molecule has 0 amide bonds. The van der Waals surface area contributed by atoms with Crippen LogP contribution in [0.25, 0.3) is 0 Å². The highest BCUT2D eigenvalue weighted by atomic mass is 16.3. The van der Waals surface area contributed by atoms with Crippen LogP contribution in [0.2, 0.25) is 0 Å². The molecule has 0 spiro atoms. The summed E-state index contributed by atoms with van der Waals surface area (Å²) in [5.74, 6) is 11.6. The minimum absolute atomic E-state index is 0.195. The van der Waals surface area contributed by atoms with E-state index >= 15 is 0 Å². The summed E-state index contributed by atoms with van der Waals surface area (Å²) in [4.78, 5) is 0. The zero-order valence-corrected chi connectivity index (χ0v) is 17.7. The molecule has 2 aliphatic heterocycles. The van der Waals surface area contributed by atoms with Crippen LogP contribution in [0.15, 0.2) is 0 Å². The van der Waals surface area contributed by atoms with Crippen LogP contribution in [0.5, 0.6) is 0 Å². The molecule has 0 aromatic carbocycles. The third-order valence-electron chi connectivity index (χ3n) is 4.94. The first kappa shape index (κ1) is 21.3. The van der Waals surface area contributed by atoms with Gasteiger partial charge >= 0.3 is 0 Å². The topological polar surface area (TPSA) is 64.5 Å². The van der Waals surface area contributed by atoms with Crippen LogP contribution in [0, 0.1) is 23.7 Å². The number of hydrogen-bond donors (Lipinski definition) is 4. The van der Waals surface area contributed by atoms with Gasteiger partial charge in [-0.25, -0.2) is 0 Å². The summed E-state index contributed by atoms with van der Waals surface area (Å²) in [7, 11) is 0. The quantitative estimate of drug-likeness (QED) is 0.501. The van der Waals surface area contributed by atoms with Crippen LogP contribution in [-0.2, 0) is 0 Å². The molecule has 0 aromatic rings. The molecule has 26 heavy (non-hydrogen) atoms. The number of rotatable bonds is 0. The maximum absolute atomic E-state index is 11.0. The summed E-state index contributed by atoms with van der Waals surface area (Å²) >= 11 is 0. The van der Waals surface area contributed by atoms with Crippen LogP contribution in [0.4, 0.5) is 0 Å². The zero-order chi connectivity index (χ0) is 20.1. The van der Waals surface area contributed by atoms with E-state index in [1.165, 1.54) is 0 Å². The normalized spacial score (nSPS) is 29.5. The first-order chi connectivity index (χ1) is 11.4. The minimum Gasteiger partial charge on any atom is -0.377 e. The maximum atomic E-state index is 11.0. The Morgan fingerprint density at radius 1 is 0.538 bits per heavy atom. The van der Waals surface area contributed by atoms with Crippen LogP contribution in [0.1, 0.15) is 81.1 Å². The predicted octanol–water partition coefficient (Wildman–Crippen LogP) is 2.34. The van der Waals surface area contributed by atoms with Crippen molar-refractivity contribution in [1.29, 1.82) is 0 Å². The van der Waals surface area contributed by atoms with E-state index in [2.05, 4.69) is 89.7 Å². The molecular weight excluding hydrogens is 324 g/mol. The smallest absolute Gasteiger partial charge is 0.130 e. The van der Waals surface area contributed by atoms with Gasteiger partial charge in [0.25, 0.3) is 0 Å². The van der Waals surface area contributed by atoms with Gasteiger partial charge < -0.3 is 20.8 Å². The Kier molecular flexibility index (Phi) is 5.11. The van der Waals surface area contributed by atoms with Crippen molar-refractivity contribution in [3.8, 4) is 23.7 Å². The molecule has 0 saturated carbocycles. The Balaban J connectivity index is 2.20. The zero-order valence-electron chi connectivity index (χ0n) is 17.7. The first-order valence-electron chi connectivity index (χ1n) is 9.53. The van der Waals surface area contributed by atoms with E-state index in [9.17, 15) is 10.2 Å². The molecular formula is C22H36N2O2. The highest BCUT2D eigenvalue weighted by Crippen LogP contribution is 2.36. The second-order valence-electron chi connectivity index (χ2n) is 11.1. The Hall–Kier alpha value is -1.04. The molecule has 0 radical (unpaired) electrons. The van der Waals surface area contributed by atoms with Gasteiger partial charge in [0.05, 0.1) is 0 Å². The van der Waals surface area contributed by atoms with Crippen molar-refractivity contribution >= 4 is 0 Å². The van der Waals surface area contributed by atoms with E-state index in [0.29, 0.717) is 25.7 Å². The van der Waals surface area contributed by atoms with Crippen molar-refractivity contribution < 1.29 is 10.2 Å². The Labute approximate surface area is 159 Å². The van der Waals surface area contributed by atoms with E-state index < -0.39 is 11.2 Å². The lowest BCUT2D eigenvalue weighted by atomic mass is 9.73. The molecule has 0 bridgehead atoms. The number of piperidine rings is 2. The van der Waals surface area contributed by atoms with E-state index in [0.717, 1.165) is 0 Å². The third-order valence-corrected chi connectivity index (χ3v) is 4.94. The van der Waals surface area contributed by atoms with Crippen molar-refractivity contribution in [3.63, 3.8) is 0 Å². The Morgan fingerprint density at radius 2 is 0.769 bits per heavy atom. The van der Waals surface area contributed by atoms with E-state index in [-0.39, 0.29) is 22.2 Å². The van der Waals surface area contributed by atoms with Crippen molar-refractivity contribution in [2.24, 2.45) is 0 Å². The van der Waals surface area contributed by atoms with Gasteiger partial charge in [0, 0.05) is 47.8 Å². The van der Waals surface area contributed by atoms with Gasteiger partial charge in [-0.1, -0.05) is 11.8 Å². The molecule has 2 saturated heterocycles. The monoisotopic (exact) mass is 360 g/mol. The number of nitrogens with one attached hydrogen (secondary N) is 2. The first-order valence-corrected chi connectivity index (χ1v) is 9.53. The predicted molar refractivity (Wildman–Crippen MR) is 107 cm³/mol. The summed E-state index contributed by atoms with van der Waals surface area (Å²) in [6.07, 6.45) is 2.19. The summed E-state index contributed by atoms with van der Waals surface area (Å²) in [6, 6.07) is 0. The average molecular weight is 361 g/mol. The fourth-order valence-corrected chi connectivity index (χ4v) is 5.53. The van der Waals surface area contributed by atoms with Crippen LogP contribution in [0.3, 0.4) is 0 Å². The van der Waals surface area contributed by atoms with Crippen molar-refractivity contribution in [2.75, 3.05) is 0 Å². The van der Waals surface area contributed by atoms with E-state index in [4.69, 9.17) is 0 Å². The van der Waals surface area contributed by atoms with Gasteiger partial charge in [-0.15, -0.1) is 0 Å². The molecule has 2 fully saturated rings. The summed E-state index contributed by atoms with van der Waals surface area (Å²) < 4.78 is 0. The fraction of sp³-hybridized carbons (Fsp3) is 0.818. The van der Waals surface area contributed by atoms with Gasteiger partial charge in [0.1, 0.15) is 11.2 Å². The lowest BCUT2D eigenvalue weighted by molar-refractivity contribution is -0.0132. The molecule has 0 atom stereocenters. The summed E-state index contributed by atoms with van der Waals surface area (Å²) in [5.41, 5.74) is -2.91. The van der Waals surface area contributed by atoms with Gasteiger partial charge in [-0.05, 0) is 67.2 Å². The van der Waals surface area contributed by atoms with Crippen molar-refractivity contribution in [3.05, 3.63) is 0 Å². The van der Waals surface area contributed by atoms with Crippen molar-refractivity contribution in [1.82, 2.24) is 10.6 Å². The highest BCUT2D eigenvalue weighted by Gasteiger charge is 2.46. The molecule has 0 unspecified atom stereocenters. The van der Waals surface area contributed by atoms with Gasteiger partial charge in [-0.2, -0.15) is 0 Å². The molecule has 146 valence electrons. The largest absolute Gasteiger partial charge is 0.377 e. The maximum Gasteiger partial charge on any atom is 0.130 e. The second-order valence-corrected chi connectivity index (χ2v) is 11.1. The van der Waals surface area contributed by atoms with Gasteiger partial charge in [0.15, 0.2) is 0 Å². The molecule has 0 aromatic heterocycles. The molecule has 2 aliphatic rings. The molecule has 4 nitrogen and oxygen atoms in total. The van der Waals surface area contributed by atoms with Crippen molar-refractivity contribution in [2.45, 2.75) is 114 Å². The summed E-state index contributed by atoms with van der Waals surface area (Å²) in [5, 5.41) is 29.0. The molecule has 0 aliphatic carbocycles. The Morgan fingerprint density at radius 3 is 1.00 bits per heavy atom. The second kappa shape index (κ2) is 6.25. The lowest BCUT2D eigenvalue weighted by Gasteiger charge is -2.48. The van der Waals surface area contributed by atoms with Gasteiger partial charge in [-0.3, -0.25) is 0 Å². The average Bonchev–Trinajstić information content (AvgIpc) is 2.25.